The van der Waals surface area contributed by atoms with E-state index in [2.05, 4.69) is 66.7 Å². The molecular formula is C24H38Fe-6. The van der Waals surface area contributed by atoms with Crippen LogP contribution in [-0.4, -0.2) is 0 Å². The van der Waals surface area contributed by atoms with Crippen molar-refractivity contribution < 1.29 is 17.1 Å². The predicted octanol–water partition coefficient (Wildman–Crippen LogP) is 6.75. The zero-order chi connectivity index (χ0) is 18.1. The maximum absolute atomic E-state index is 2.30. The van der Waals surface area contributed by atoms with Crippen molar-refractivity contribution in [2.45, 2.75) is 93.4 Å². The zero-order valence-corrected chi connectivity index (χ0v) is 18.6. The van der Waals surface area contributed by atoms with Gasteiger partial charge in [-0.25, -0.2) is 44.2 Å². The van der Waals surface area contributed by atoms with Crippen LogP contribution < -0.4 is 0 Å². The minimum absolute atomic E-state index is 0. The molecule has 0 nitrogen and oxygen atoms in total. The first kappa shape index (κ1) is 24.2. The smallest absolute Gasteiger partial charge is 0 e. The van der Waals surface area contributed by atoms with E-state index in [4.69, 9.17) is 0 Å². The van der Waals surface area contributed by atoms with Crippen molar-refractivity contribution in [3.63, 3.8) is 0 Å². The van der Waals surface area contributed by atoms with Crippen molar-refractivity contribution in [1.82, 2.24) is 0 Å². The van der Waals surface area contributed by atoms with E-state index < -0.39 is 0 Å². The first-order chi connectivity index (χ1) is 11.6. The number of hydrogen-bond donors (Lipinski definition) is 0. The van der Waals surface area contributed by atoms with Gasteiger partial charge in [0.2, 0.25) is 0 Å². The summed E-state index contributed by atoms with van der Waals surface area (Å²) >= 11 is 0. The molecule has 0 saturated heterocycles. The van der Waals surface area contributed by atoms with Crippen LogP contribution >= 0.6 is 0 Å². The van der Waals surface area contributed by atoms with Gasteiger partial charge in [0.05, 0.1) is 0 Å². The molecule has 2 aromatic rings. The van der Waals surface area contributed by atoms with E-state index in [1.165, 1.54) is 56.1 Å². The van der Waals surface area contributed by atoms with Crippen LogP contribution in [0.15, 0.2) is 18.2 Å². The Morgan fingerprint density at radius 3 is 1.16 bits per heavy atom. The zero-order valence-electron chi connectivity index (χ0n) is 17.5. The van der Waals surface area contributed by atoms with E-state index in [1.807, 2.05) is 0 Å². The first-order valence-electron chi connectivity index (χ1n) is 10.2. The van der Waals surface area contributed by atoms with Gasteiger partial charge in [-0.1, -0.05) is 61.3 Å². The molecule has 0 aliphatic heterocycles. The van der Waals surface area contributed by atoms with E-state index in [-0.39, 0.29) is 17.1 Å². The fourth-order valence-corrected chi connectivity index (χ4v) is 4.23. The summed E-state index contributed by atoms with van der Waals surface area (Å²) in [5.74, 6) is 0. The van der Waals surface area contributed by atoms with E-state index in [0.29, 0.717) is 0 Å². The number of aryl methyl sites for hydroxylation is 2. The summed E-state index contributed by atoms with van der Waals surface area (Å²) in [4.78, 5) is 0. The Bertz CT molecular complexity index is 487. The van der Waals surface area contributed by atoms with E-state index in [9.17, 15) is 0 Å². The fourth-order valence-electron chi connectivity index (χ4n) is 4.23. The second-order valence-corrected chi connectivity index (χ2v) is 6.44. The van der Waals surface area contributed by atoms with Gasteiger partial charge in [0.1, 0.15) is 0 Å². The third-order valence-electron chi connectivity index (χ3n) is 5.36. The van der Waals surface area contributed by atoms with E-state index in [1.54, 1.807) is 27.8 Å². The topological polar surface area (TPSA) is 0 Å². The summed E-state index contributed by atoms with van der Waals surface area (Å²) in [6.07, 6.45) is 8.39. The molecule has 0 aliphatic rings. The summed E-state index contributed by atoms with van der Waals surface area (Å²) < 4.78 is 0. The Kier molecular flexibility index (Phi) is 12.2. The molecule has 0 atom stereocenters. The van der Waals surface area contributed by atoms with Crippen LogP contribution in [0.4, 0.5) is 0 Å². The van der Waals surface area contributed by atoms with Crippen LogP contribution in [0.1, 0.15) is 87.4 Å². The van der Waals surface area contributed by atoms with Crippen molar-refractivity contribution in [2.24, 2.45) is 0 Å². The minimum atomic E-state index is 0. The summed E-state index contributed by atoms with van der Waals surface area (Å²) in [7, 11) is 0. The summed E-state index contributed by atoms with van der Waals surface area (Å²) in [6.45, 7) is 15.9. The van der Waals surface area contributed by atoms with Crippen LogP contribution in [0.2, 0.25) is 0 Å². The SMILES string of the molecule is CC[c-]1[c-](CC)[c-](CC)[c-](CC)[c-]1CC.CCc1ccc[c-]1CC.[Fe]. The van der Waals surface area contributed by atoms with Crippen LogP contribution in [0.3, 0.4) is 0 Å². The largest absolute Gasteiger partial charge is 0.728 e. The van der Waals surface area contributed by atoms with Gasteiger partial charge < -0.3 is 27.8 Å². The second-order valence-electron chi connectivity index (χ2n) is 6.44. The molecule has 0 bridgehead atoms. The minimum Gasteiger partial charge on any atom is -0.728 e. The van der Waals surface area contributed by atoms with Gasteiger partial charge in [-0.3, -0.25) is 0 Å². The van der Waals surface area contributed by atoms with Crippen molar-refractivity contribution in [3.05, 3.63) is 57.1 Å². The molecule has 148 valence electrons. The molecular weight excluding hydrogens is 344 g/mol. The van der Waals surface area contributed by atoms with Crippen molar-refractivity contribution in [3.8, 4) is 0 Å². The number of rotatable bonds is 7. The molecule has 0 unspecified atom stereocenters. The average molecular weight is 382 g/mol. The molecule has 0 N–H and O–H groups in total. The second kappa shape index (κ2) is 12.6. The molecule has 0 saturated carbocycles. The number of hydrogen-bond acceptors (Lipinski definition) is 0. The van der Waals surface area contributed by atoms with E-state index >= 15 is 0 Å². The molecule has 0 fully saturated rings. The van der Waals surface area contributed by atoms with E-state index in [0.717, 1.165) is 0 Å². The molecule has 0 heterocycles. The van der Waals surface area contributed by atoms with Gasteiger partial charge in [-0.15, -0.1) is 0 Å². The normalized spacial score (nSPS) is 10.2. The standard InChI is InChI=1S/C15H25.C9H13.Fe/c1-6-11-12(7-2)14(9-4)15(10-5)13(11)8-3;1-3-8-6-5-7-9(8)4-2;/h6-10H2,1-5H3;5-7H,3-4H2,1-2H3;/q-5;-1;. The van der Waals surface area contributed by atoms with Crippen LogP contribution in [0.5, 0.6) is 0 Å². The monoisotopic (exact) mass is 382 g/mol. The molecule has 0 spiro atoms. The molecule has 0 radical (unpaired) electrons. The van der Waals surface area contributed by atoms with Crippen LogP contribution in [0.25, 0.3) is 0 Å². The molecule has 25 heavy (non-hydrogen) atoms. The summed E-state index contributed by atoms with van der Waals surface area (Å²) in [5.41, 5.74) is 11.3. The van der Waals surface area contributed by atoms with Gasteiger partial charge >= 0.3 is 0 Å². The Morgan fingerprint density at radius 1 is 0.600 bits per heavy atom. The van der Waals surface area contributed by atoms with Crippen molar-refractivity contribution in [2.75, 3.05) is 0 Å². The third-order valence-corrected chi connectivity index (χ3v) is 5.36. The average Bonchev–Trinajstić information content (AvgIpc) is 3.21. The maximum atomic E-state index is 2.30. The van der Waals surface area contributed by atoms with Gasteiger partial charge in [0.15, 0.2) is 0 Å². The van der Waals surface area contributed by atoms with Gasteiger partial charge in [-0.05, 0) is 0 Å². The molecule has 0 aromatic heterocycles. The predicted molar refractivity (Wildman–Crippen MR) is 110 cm³/mol. The van der Waals surface area contributed by atoms with Gasteiger partial charge in [0, 0.05) is 17.1 Å². The van der Waals surface area contributed by atoms with Crippen molar-refractivity contribution in [1.29, 1.82) is 0 Å². The van der Waals surface area contributed by atoms with Crippen LogP contribution in [-0.2, 0) is 62.0 Å². The Balaban J connectivity index is 0.000000495. The molecule has 0 aliphatic carbocycles. The third kappa shape index (κ3) is 5.60. The maximum Gasteiger partial charge on any atom is 0 e. The fraction of sp³-hybridized carbons (Fsp3) is 0.583. The first-order valence-corrected chi connectivity index (χ1v) is 10.2. The Hall–Kier alpha value is -0.781. The Morgan fingerprint density at radius 2 is 0.960 bits per heavy atom. The van der Waals surface area contributed by atoms with Gasteiger partial charge in [0.25, 0.3) is 0 Å². The van der Waals surface area contributed by atoms with Crippen molar-refractivity contribution >= 4 is 0 Å². The van der Waals surface area contributed by atoms with Crippen LogP contribution in [0, 0.1) is 0 Å². The molecule has 2 rings (SSSR count). The van der Waals surface area contributed by atoms with Gasteiger partial charge in [-0.2, -0.15) is 17.2 Å². The molecule has 2 aromatic carbocycles. The Labute approximate surface area is 167 Å². The molecule has 0 amide bonds. The quantitative estimate of drug-likeness (QED) is 0.367. The summed E-state index contributed by atoms with van der Waals surface area (Å²) in [6, 6.07) is 6.55. The molecule has 1 heteroatoms. The summed E-state index contributed by atoms with van der Waals surface area (Å²) in [5, 5.41) is 0.